The molecule has 188 valence electrons. The van der Waals surface area contributed by atoms with Crippen molar-refractivity contribution in [2.45, 2.75) is 70.0 Å². The Morgan fingerprint density at radius 3 is 2.42 bits per heavy atom. The molecule has 2 aromatic carbocycles. The standard InChI is InChI=1S/C31H34O5/c32-25(16-11-21-7-3-1-4-8-21)17-18-26-27-19-30(33)35-29(27)20-28(26)36-31(34)24-14-12-23(13-15-24)22-9-5-2-6-10-22/h2,5-6,9-10,12-15,17-18,21,26-29H,1,3-4,7-8,11,16,19-20H2/b18-17+/t26-,27-,28-,29+/m1/s1. The Bertz CT molecular complexity index is 1100. The van der Waals surface area contributed by atoms with E-state index in [2.05, 4.69) is 0 Å². The van der Waals surface area contributed by atoms with Gasteiger partial charge >= 0.3 is 11.9 Å². The van der Waals surface area contributed by atoms with Crippen LogP contribution < -0.4 is 0 Å². The van der Waals surface area contributed by atoms with Gasteiger partial charge in [0.2, 0.25) is 0 Å². The first-order valence-electron chi connectivity index (χ1n) is 13.3. The molecular formula is C31H34O5. The maximum absolute atomic E-state index is 13.0. The summed E-state index contributed by atoms with van der Waals surface area (Å²) in [4.78, 5) is 37.5. The first-order chi connectivity index (χ1) is 17.6. The van der Waals surface area contributed by atoms with E-state index in [0.717, 1.165) is 17.5 Å². The van der Waals surface area contributed by atoms with Crippen LogP contribution in [0.4, 0.5) is 0 Å². The van der Waals surface area contributed by atoms with Crippen molar-refractivity contribution in [3.05, 3.63) is 72.3 Å². The van der Waals surface area contributed by atoms with Crippen LogP contribution in [0, 0.1) is 17.8 Å². The summed E-state index contributed by atoms with van der Waals surface area (Å²) in [6.45, 7) is 0. The average molecular weight is 487 g/mol. The highest BCUT2D eigenvalue weighted by molar-refractivity contribution is 5.91. The third-order valence-electron chi connectivity index (χ3n) is 8.07. The highest BCUT2D eigenvalue weighted by Crippen LogP contribution is 2.43. The summed E-state index contributed by atoms with van der Waals surface area (Å²) in [6.07, 6.45) is 11.4. The average Bonchev–Trinajstić information content (AvgIpc) is 3.42. The molecule has 5 rings (SSSR count). The number of carbonyl (C=O) groups excluding carboxylic acids is 3. The van der Waals surface area contributed by atoms with Gasteiger partial charge in [-0.1, -0.05) is 80.6 Å². The van der Waals surface area contributed by atoms with E-state index in [9.17, 15) is 14.4 Å². The van der Waals surface area contributed by atoms with Crippen molar-refractivity contribution in [3.8, 4) is 11.1 Å². The molecule has 3 aliphatic rings. The van der Waals surface area contributed by atoms with Crippen LogP contribution in [0.15, 0.2) is 66.7 Å². The molecule has 1 saturated heterocycles. The lowest BCUT2D eigenvalue weighted by atomic mass is 9.85. The third kappa shape index (κ3) is 5.77. The maximum Gasteiger partial charge on any atom is 0.338 e. The number of rotatable bonds is 8. The van der Waals surface area contributed by atoms with E-state index in [1.165, 1.54) is 32.1 Å². The summed E-state index contributed by atoms with van der Waals surface area (Å²) in [5.41, 5.74) is 2.60. The van der Waals surface area contributed by atoms with Crippen LogP contribution in [0.3, 0.4) is 0 Å². The van der Waals surface area contributed by atoms with Crippen LogP contribution >= 0.6 is 0 Å². The van der Waals surface area contributed by atoms with Gasteiger partial charge in [0.25, 0.3) is 0 Å². The topological polar surface area (TPSA) is 69.7 Å². The van der Waals surface area contributed by atoms with Crippen LogP contribution in [0.1, 0.15) is 68.1 Å². The van der Waals surface area contributed by atoms with Crippen LogP contribution in [0.25, 0.3) is 11.1 Å². The molecule has 1 heterocycles. The zero-order chi connectivity index (χ0) is 24.9. The monoisotopic (exact) mass is 486 g/mol. The van der Waals surface area contributed by atoms with Crippen molar-refractivity contribution < 1.29 is 23.9 Å². The fraction of sp³-hybridized carbons (Fsp3) is 0.452. The highest BCUT2D eigenvalue weighted by atomic mass is 16.6. The minimum atomic E-state index is -0.420. The molecule has 0 amide bonds. The number of hydrogen-bond acceptors (Lipinski definition) is 5. The van der Waals surface area contributed by atoms with Gasteiger partial charge in [0, 0.05) is 24.7 Å². The summed E-state index contributed by atoms with van der Waals surface area (Å²) in [5.74, 6) is -0.0994. The molecule has 1 aliphatic heterocycles. The second-order valence-corrected chi connectivity index (χ2v) is 10.5. The summed E-state index contributed by atoms with van der Waals surface area (Å²) in [6, 6.07) is 17.4. The van der Waals surface area contributed by atoms with Crippen LogP contribution in [-0.2, 0) is 19.1 Å². The van der Waals surface area contributed by atoms with Gasteiger partial charge < -0.3 is 9.47 Å². The van der Waals surface area contributed by atoms with Crippen LogP contribution in [0.2, 0.25) is 0 Å². The van der Waals surface area contributed by atoms with E-state index in [1.807, 2.05) is 48.5 Å². The van der Waals surface area contributed by atoms with Gasteiger partial charge in [0.1, 0.15) is 12.2 Å². The maximum atomic E-state index is 13.0. The predicted octanol–water partition coefficient (Wildman–Crippen LogP) is 6.32. The molecule has 36 heavy (non-hydrogen) atoms. The molecule has 0 spiro atoms. The van der Waals surface area contributed by atoms with Crippen molar-refractivity contribution in [1.82, 2.24) is 0 Å². The van der Waals surface area contributed by atoms with E-state index in [4.69, 9.17) is 9.47 Å². The Kier molecular flexibility index (Phi) is 7.64. The fourth-order valence-corrected chi connectivity index (χ4v) is 6.05. The smallest absolute Gasteiger partial charge is 0.338 e. The lowest BCUT2D eigenvalue weighted by Crippen LogP contribution is -2.25. The molecule has 0 N–H and O–H groups in total. The number of ketones is 1. The van der Waals surface area contributed by atoms with Crippen molar-refractivity contribution >= 4 is 17.7 Å². The number of ether oxygens (including phenoxy) is 2. The Balaban J connectivity index is 1.22. The number of hydrogen-bond donors (Lipinski definition) is 0. The van der Waals surface area contributed by atoms with E-state index in [1.54, 1.807) is 18.2 Å². The normalized spacial score (nSPS) is 26.1. The van der Waals surface area contributed by atoms with Gasteiger partial charge in [-0.05, 0) is 41.7 Å². The van der Waals surface area contributed by atoms with E-state index < -0.39 is 12.1 Å². The summed E-state index contributed by atoms with van der Waals surface area (Å²) in [7, 11) is 0. The summed E-state index contributed by atoms with van der Waals surface area (Å²) < 4.78 is 11.4. The van der Waals surface area contributed by atoms with Gasteiger partial charge in [-0.2, -0.15) is 0 Å². The van der Waals surface area contributed by atoms with Crippen molar-refractivity contribution in [1.29, 1.82) is 0 Å². The molecule has 4 atom stereocenters. The molecule has 0 unspecified atom stereocenters. The predicted molar refractivity (Wildman–Crippen MR) is 137 cm³/mol. The quantitative estimate of drug-likeness (QED) is 0.323. The second kappa shape index (κ2) is 11.2. The zero-order valence-electron chi connectivity index (χ0n) is 20.6. The van der Waals surface area contributed by atoms with Gasteiger partial charge in [0.05, 0.1) is 12.0 Å². The van der Waals surface area contributed by atoms with E-state index in [-0.39, 0.29) is 29.7 Å². The molecule has 2 aliphatic carbocycles. The van der Waals surface area contributed by atoms with Crippen molar-refractivity contribution in [2.24, 2.45) is 17.8 Å². The van der Waals surface area contributed by atoms with Crippen LogP contribution in [-0.4, -0.2) is 29.9 Å². The molecule has 0 bridgehead atoms. The van der Waals surface area contributed by atoms with E-state index in [0.29, 0.717) is 30.7 Å². The third-order valence-corrected chi connectivity index (χ3v) is 8.07. The van der Waals surface area contributed by atoms with Crippen LogP contribution in [0.5, 0.6) is 0 Å². The molecule has 5 nitrogen and oxygen atoms in total. The summed E-state index contributed by atoms with van der Waals surface area (Å²) in [5, 5.41) is 0. The molecule has 5 heteroatoms. The Morgan fingerprint density at radius 2 is 1.67 bits per heavy atom. The van der Waals surface area contributed by atoms with Gasteiger partial charge in [-0.3, -0.25) is 9.59 Å². The molecule has 2 aromatic rings. The van der Waals surface area contributed by atoms with Crippen molar-refractivity contribution in [2.75, 3.05) is 0 Å². The Hall–Kier alpha value is -3.21. The SMILES string of the molecule is O=C(/C=C/[C@@H]1[C@H]2CC(=O)O[C@H]2C[C@H]1OC(=O)c1ccc(-c2ccccc2)cc1)CCC1CCCCC1. The molecular weight excluding hydrogens is 452 g/mol. The molecule has 2 saturated carbocycles. The molecule has 0 aromatic heterocycles. The zero-order valence-corrected chi connectivity index (χ0v) is 20.6. The lowest BCUT2D eigenvalue weighted by Gasteiger charge is -2.21. The van der Waals surface area contributed by atoms with E-state index >= 15 is 0 Å². The fourth-order valence-electron chi connectivity index (χ4n) is 6.05. The van der Waals surface area contributed by atoms with Crippen molar-refractivity contribution in [3.63, 3.8) is 0 Å². The number of esters is 2. The second-order valence-electron chi connectivity index (χ2n) is 10.5. The number of carbonyl (C=O) groups is 3. The molecule has 0 radical (unpaired) electrons. The first kappa shape index (κ1) is 24.5. The van der Waals surface area contributed by atoms with Gasteiger partial charge in [0.15, 0.2) is 5.78 Å². The van der Waals surface area contributed by atoms with Gasteiger partial charge in [-0.25, -0.2) is 4.79 Å². The number of allylic oxidation sites excluding steroid dienone is 1. The highest BCUT2D eigenvalue weighted by Gasteiger charge is 2.50. The minimum absolute atomic E-state index is 0.0573. The number of benzene rings is 2. The lowest BCUT2D eigenvalue weighted by molar-refractivity contribution is -0.141. The minimum Gasteiger partial charge on any atom is -0.462 e. The number of fused-ring (bicyclic) bond motifs is 1. The van der Waals surface area contributed by atoms with Gasteiger partial charge in [-0.15, -0.1) is 0 Å². The largest absolute Gasteiger partial charge is 0.462 e. The Morgan fingerprint density at radius 1 is 0.944 bits per heavy atom. The first-order valence-corrected chi connectivity index (χ1v) is 13.3. The molecule has 3 fully saturated rings. The summed E-state index contributed by atoms with van der Waals surface area (Å²) >= 11 is 0. The Labute approximate surface area is 212 Å².